The Morgan fingerprint density at radius 2 is 2.05 bits per heavy atom. The molecule has 4 heteroatoms. The second-order valence-corrected chi connectivity index (χ2v) is 5.78. The smallest absolute Gasteiger partial charge is 0.198 e. The van der Waals surface area contributed by atoms with Gasteiger partial charge in [-0.05, 0) is 18.2 Å². The van der Waals surface area contributed by atoms with Crippen LogP contribution in [0.5, 0.6) is 0 Å². The lowest BCUT2D eigenvalue weighted by Gasteiger charge is -2.25. The predicted octanol–water partition coefficient (Wildman–Crippen LogP) is 4.21. The fourth-order valence-electron chi connectivity index (χ4n) is 2.97. The summed E-state index contributed by atoms with van der Waals surface area (Å²) in [5.41, 5.74) is 1.62. The van der Waals surface area contributed by atoms with Gasteiger partial charge in [0.1, 0.15) is 12.0 Å². The molecule has 22 heavy (non-hydrogen) atoms. The van der Waals surface area contributed by atoms with Gasteiger partial charge >= 0.3 is 0 Å². The number of nitrogens with zero attached hydrogens (tertiary/aromatic N) is 1. The molecule has 4 rings (SSSR count). The number of hydrogen-bond acceptors (Lipinski definition) is 3. The lowest BCUT2D eigenvalue weighted by Crippen LogP contribution is -2.23. The summed E-state index contributed by atoms with van der Waals surface area (Å²) in [7, 11) is 0. The average Bonchev–Trinajstić information content (AvgIpc) is 2.55. The highest BCUT2D eigenvalue weighted by atomic mass is 35.5. The first kappa shape index (κ1) is 13.3. The number of halogens is 1. The van der Waals surface area contributed by atoms with Gasteiger partial charge in [-0.1, -0.05) is 42.0 Å². The van der Waals surface area contributed by atoms with E-state index in [-0.39, 0.29) is 17.3 Å². The second-order valence-electron chi connectivity index (χ2n) is 5.35. The molecule has 0 spiro atoms. The second kappa shape index (κ2) is 5.11. The van der Waals surface area contributed by atoms with Gasteiger partial charge in [0.2, 0.25) is 0 Å². The van der Waals surface area contributed by atoms with E-state index >= 15 is 0 Å². The molecule has 0 fully saturated rings. The van der Waals surface area contributed by atoms with Crippen molar-refractivity contribution in [2.24, 2.45) is 5.92 Å². The summed E-state index contributed by atoms with van der Waals surface area (Å²) < 4.78 is 5.68. The quantitative estimate of drug-likeness (QED) is 0.792. The van der Waals surface area contributed by atoms with Crippen LogP contribution in [0.25, 0.3) is 17.3 Å². The molecule has 0 saturated carbocycles. The van der Waals surface area contributed by atoms with Crippen molar-refractivity contribution in [3.8, 4) is 11.3 Å². The third-order valence-electron chi connectivity index (χ3n) is 4.04. The first-order chi connectivity index (χ1) is 10.7. The van der Waals surface area contributed by atoms with Crippen molar-refractivity contribution in [3.05, 3.63) is 81.5 Å². The van der Waals surface area contributed by atoms with Crippen LogP contribution in [-0.2, 0) is 0 Å². The molecular weight excluding hydrogens is 298 g/mol. The summed E-state index contributed by atoms with van der Waals surface area (Å²) in [6.07, 6.45) is 15.1. The van der Waals surface area contributed by atoms with Crippen molar-refractivity contribution in [1.29, 1.82) is 0 Å². The molecule has 0 aliphatic heterocycles. The third-order valence-corrected chi connectivity index (χ3v) is 4.27. The van der Waals surface area contributed by atoms with E-state index in [0.29, 0.717) is 27.6 Å². The molecule has 2 heterocycles. The van der Waals surface area contributed by atoms with Crippen LogP contribution in [0.3, 0.4) is 0 Å². The summed E-state index contributed by atoms with van der Waals surface area (Å²) >= 11 is 6.00. The molecule has 108 valence electrons. The van der Waals surface area contributed by atoms with Gasteiger partial charge in [0.15, 0.2) is 5.43 Å². The largest absolute Gasteiger partial charge is 0.464 e. The van der Waals surface area contributed by atoms with Crippen LogP contribution in [0.4, 0.5) is 0 Å². The van der Waals surface area contributed by atoms with Crippen molar-refractivity contribution in [3.63, 3.8) is 0 Å². The van der Waals surface area contributed by atoms with E-state index in [0.717, 1.165) is 0 Å². The Kier molecular flexibility index (Phi) is 3.09. The molecule has 0 bridgehead atoms. The molecule has 2 aromatic rings. The zero-order valence-electron chi connectivity index (χ0n) is 11.6. The molecule has 0 amide bonds. The van der Waals surface area contributed by atoms with Gasteiger partial charge in [-0.15, -0.1) is 0 Å². The van der Waals surface area contributed by atoms with E-state index in [9.17, 15) is 4.79 Å². The number of fused-ring (bicyclic) bond motifs is 3. The van der Waals surface area contributed by atoms with Crippen molar-refractivity contribution < 1.29 is 4.42 Å². The minimum absolute atomic E-state index is 0.0142. The topological polar surface area (TPSA) is 43.1 Å². The SMILES string of the molecule is O=c1c(-c2cc(Cl)ccn2)coc2c1C1C=CC=CC1C=C2. The van der Waals surface area contributed by atoms with E-state index in [1.807, 2.05) is 24.3 Å². The Hall–Kier alpha value is -2.39. The molecule has 2 atom stereocenters. The molecule has 2 aliphatic rings. The van der Waals surface area contributed by atoms with E-state index in [1.165, 1.54) is 6.26 Å². The monoisotopic (exact) mass is 309 g/mol. The normalized spacial score (nSPS) is 21.5. The zero-order valence-corrected chi connectivity index (χ0v) is 12.3. The van der Waals surface area contributed by atoms with E-state index in [1.54, 1.807) is 18.3 Å². The molecule has 2 aliphatic carbocycles. The maximum absolute atomic E-state index is 12.9. The molecular formula is C18H12ClNO2. The molecule has 0 N–H and O–H groups in total. The Bertz CT molecular complexity index is 892. The summed E-state index contributed by atoms with van der Waals surface area (Å²) in [5, 5.41) is 0.542. The fourth-order valence-corrected chi connectivity index (χ4v) is 3.12. The van der Waals surface area contributed by atoms with Gasteiger partial charge in [0.05, 0.1) is 16.8 Å². The van der Waals surface area contributed by atoms with Crippen LogP contribution in [0.15, 0.2) is 64.2 Å². The highest BCUT2D eigenvalue weighted by Gasteiger charge is 2.29. The number of pyridine rings is 1. The summed E-state index contributed by atoms with van der Waals surface area (Å²) in [5.74, 6) is 0.834. The third kappa shape index (κ3) is 2.06. The van der Waals surface area contributed by atoms with Gasteiger partial charge < -0.3 is 4.42 Å². The highest BCUT2D eigenvalue weighted by molar-refractivity contribution is 6.30. The van der Waals surface area contributed by atoms with E-state index < -0.39 is 0 Å². The van der Waals surface area contributed by atoms with Crippen LogP contribution in [0.2, 0.25) is 5.02 Å². The number of aromatic nitrogens is 1. The Balaban J connectivity index is 1.92. The number of allylic oxidation sites excluding steroid dienone is 5. The van der Waals surface area contributed by atoms with Gasteiger partial charge in [-0.3, -0.25) is 9.78 Å². The lowest BCUT2D eigenvalue weighted by molar-refractivity contribution is 0.512. The van der Waals surface area contributed by atoms with Crippen molar-refractivity contribution in [1.82, 2.24) is 4.98 Å². The minimum Gasteiger partial charge on any atom is -0.464 e. The van der Waals surface area contributed by atoms with Crippen molar-refractivity contribution >= 4 is 17.7 Å². The molecule has 0 saturated heterocycles. The summed E-state index contributed by atoms with van der Waals surface area (Å²) in [4.78, 5) is 17.2. The fraction of sp³-hybridized carbons (Fsp3) is 0.111. The molecule has 2 unspecified atom stereocenters. The first-order valence-corrected chi connectivity index (χ1v) is 7.42. The summed E-state index contributed by atoms with van der Waals surface area (Å²) in [6.45, 7) is 0. The van der Waals surface area contributed by atoms with Gasteiger partial charge in [-0.2, -0.15) is 0 Å². The zero-order chi connectivity index (χ0) is 15.1. The van der Waals surface area contributed by atoms with Gasteiger partial charge in [0.25, 0.3) is 0 Å². The van der Waals surface area contributed by atoms with Crippen LogP contribution >= 0.6 is 11.6 Å². The van der Waals surface area contributed by atoms with Crippen LogP contribution in [0.1, 0.15) is 17.2 Å². The molecule has 2 aromatic heterocycles. The summed E-state index contributed by atoms with van der Waals surface area (Å²) in [6, 6.07) is 3.35. The highest BCUT2D eigenvalue weighted by Crippen LogP contribution is 2.36. The maximum Gasteiger partial charge on any atom is 0.198 e. The Morgan fingerprint density at radius 3 is 2.91 bits per heavy atom. The van der Waals surface area contributed by atoms with Crippen LogP contribution in [-0.4, -0.2) is 4.98 Å². The Labute approximate surface area is 132 Å². The Morgan fingerprint density at radius 1 is 1.18 bits per heavy atom. The van der Waals surface area contributed by atoms with E-state index in [2.05, 4.69) is 17.1 Å². The first-order valence-electron chi connectivity index (χ1n) is 7.05. The standard InChI is InChI=1S/C18H12ClNO2/c19-12-7-8-20-15(9-12)14-10-22-16-6-5-11-3-1-2-4-13(11)17(16)18(14)21/h1-11,13H. The molecule has 0 aromatic carbocycles. The van der Waals surface area contributed by atoms with Gasteiger partial charge in [0, 0.05) is 23.1 Å². The average molecular weight is 310 g/mol. The van der Waals surface area contributed by atoms with Crippen molar-refractivity contribution in [2.75, 3.05) is 0 Å². The minimum atomic E-state index is -0.0460. The predicted molar refractivity (Wildman–Crippen MR) is 86.8 cm³/mol. The van der Waals surface area contributed by atoms with Gasteiger partial charge in [-0.25, -0.2) is 0 Å². The molecule has 0 radical (unpaired) electrons. The van der Waals surface area contributed by atoms with Crippen molar-refractivity contribution in [2.45, 2.75) is 5.92 Å². The number of hydrogen-bond donors (Lipinski definition) is 0. The van der Waals surface area contributed by atoms with Crippen LogP contribution in [0, 0.1) is 5.92 Å². The van der Waals surface area contributed by atoms with E-state index in [4.69, 9.17) is 16.0 Å². The van der Waals surface area contributed by atoms with Crippen LogP contribution < -0.4 is 5.43 Å². The number of rotatable bonds is 1. The maximum atomic E-state index is 12.9. The molecule has 3 nitrogen and oxygen atoms in total. The lowest BCUT2D eigenvalue weighted by atomic mass is 9.78.